The molecule has 13 heteroatoms. The third-order valence-electron chi connectivity index (χ3n) is 10.1. The number of thioether (sulfide) groups is 1. The second-order valence-corrected chi connectivity index (χ2v) is 15.1. The van der Waals surface area contributed by atoms with Crippen LogP contribution in [0.15, 0.2) is 76.6 Å². The van der Waals surface area contributed by atoms with Gasteiger partial charge in [-0.2, -0.15) is 0 Å². The Hall–Kier alpha value is -4.26. The van der Waals surface area contributed by atoms with Gasteiger partial charge >= 0.3 is 4.87 Å². The maximum atomic E-state index is 14.0. The van der Waals surface area contributed by atoms with Crippen molar-refractivity contribution in [1.29, 1.82) is 0 Å². The first-order chi connectivity index (χ1) is 23.2. The predicted molar refractivity (Wildman–Crippen MR) is 183 cm³/mol. The van der Waals surface area contributed by atoms with Gasteiger partial charge in [0.05, 0.1) is 36.8 Å². The molecular weight excluding hydrogens is 674 g/mol. The minimum atomic E-state index is -0.423. The molecule has 2 N–H and O–H groups in total. The van der Waals surface area contributed by atoms with Crippen molar-refractivity contribution in [3.63, 3.8) is 0 Å². The van der Waals surface area contributed by atoms with E-state index >= 15 is 0 Å². The average molecular weight is 704 g/mol. The fourth-order valence-corrected chi connectivity index (χ4v) is 11.3. The van der Waals surface area contributed by atoms with Gasteiger partial charge in [-0.05, 0) is 90.4 Å². The fourth-order valence-electron chi connectivity index (χ4n) is 8.25. The van der Waals surface area contributed by atoms with Gasteiger partial charge in [0, 0.05) is 26.8 Å². The van der Waals surface area contributed by atoms with Gasteiger partial charge in [-0.1, -0.05) is 29.0 Å². The number of aromatic amines is 1. The molecule has 0 spiro atoms. The molecule has 4 aromatic rings. The Morgan fingerprint density at radius 1 is 0.938 bits per heavy atom. The molecule has 8 rings (SSSR count). The van der Waals surface area contributed by atoms with Gasteiger partial charge < -0.3 is 24.5 Å². The second kappa shape index (κ2) is 12.0. The Bertz CT molecular complexity index is 2000. The summed E-state index contributed by atoms with van der Waals surface area (Å²) in [5.74, 6) is -0.143. The summed E-state index contributed by atoms with van der Waals surface area (Å²) < 4.78 is 16.8. The molecule has 4 aliphatic rings. The Kier molecular flexibility index (Phi) is 7.77. The first kappa shape index (κ1) is 31.0. The zero-order chi connectivity index (χ0) is 33.3. The van der Waals surface area contributed by atoms with Crippen molar-refractivity contribution in [1.82, 2.24) is 4.98 Å². The number of rotatable bonds is 8. The number of anilines is 2. The summed E-state index contributed by atoms with van der Waals surface area (Å²) in [6.07, 6.45) is 0.779. The fraction of sp³-hybridized carbons (Fsp3) is 0.314. The second-order valence-electron chi connectivity index (χ2n) is 12.4. The number of nitrogens with zero attached hydrogens (tertiary/aromatic N) is 1. The maximum absolute atomic E-state index is 14.0. The van der Waals surface area contributed by atoms with Gasteiger partial charge in [-0.15, -0.1) is 11.8 Å². The van der Waals surface area contributed by atoms with E-state index in [1.807, 2.05) is 12.1 Å². The molecule has 2 bridgehead atoms. The SMILES string of the molecule is COc1ccc(NC(=O)COc2ccc([C@@H]3c4sc(=O)[nH]c4S[C@@H]4[C@@H]5C[C@@H]([C@@H]6C(=O)N(c7ccc(Cl)cc7)C(=O)[C@@H]56)[C@H]34)cc2OC)cc1. The highest BCUT2D eigenvalue weighted by molar-refractivity contribution is 8.00. The Morgan fingerprint density at radius 3 is 2.38 bits per heavy atom. The highest BCUT2D eigenvalue weighted by Crippen LogP contribution is 2.68. The molecule has 1 saturated heterocycles. The third kappa shape index (κ3) is 5.00. The van der Waals surface area contributed by atoms with Gasteiger partial charge in [0.15, 0.2) is 18.1 Å². The third-order valence-corrected chi connectivity index (χ3v) is 12.9. The molecule has 3 heterocycles. The van der Waals surface area contributed by atoms with Crippen LogP contribution in [0.4, 0.5) is 11.4 Å². The van der Waals surface area contributed by atoms with E-state index in [4.69, 9.17) is 25.8 Å². The molecule has 7 atom stereocenters. The number of halogens is 1. The Labute approximate surface area is 288 Å². The van der Waals surface area contributed by atoms with E-state index in [2.05, 4.69) is 10.3 Å². The molecule has 1 aromatic heterocycles. The van der Waals surface area contributed by atoms with Gasteiger partial charge in [0.1, 0.15) is 5.75 Å². The van der Waals surface area contributed by atoms with E-state index in [0.29, 0.717) is 33.6 Å². The van der Waals surface area contributed by atoms with Crippen molar-refractivity contribution in [3.8, 4) is 17.2 Å². The molecule has 246 valence electrons. The highest BCUT2D eigenvalue weighted by Gasteiger charge is 2.69. The lowest BCUT2D eigenvalue weighted by Crippen LogP contribution is -2.42. The number of imide groups is 1. The van der Waals surface area contributed by atoms with E-state index in [-0.39, 0.29) is 58.1 Å². The summed E-state index contributed by atoms with van der Waals surface area (Å²) in [4.78, 5) is 58.3. The van der Waals surface area contributed by atoms with E-state index < -0.39 is 11.8 Å². The number of amides is 3. The maximum Gasteiger partial charge on any atom is 0.305 e. The number of ether oxygens (including phenoxy) is 3. The van der Waals surface area contributed by atoms with E-state index in [9.17, 15) is 19.2 Å². The predicted octanol–water partition coefficient (Wildman–Crippen LogP) is 5.80. The number of aromatic nitrogens is 1. The Morgan fingerprint density at radius 2 is 1.67 bits per heavy atom. The topological polar surface area (TPSA) is 127 Å². The highest BCUT2D eigenvalue weighted by atomic mass is 35.5. The summed E-state index contributed by atoms with van der Waals surface area (Å²) in [5, 5.41) is 4.20. The number of fused-ring (bicyclic) bond motifs is 9. The van der Waals surface area contributed by atoms with Crippen LogP contribution in [0, 0.1) is 29.6 Å². The molecule has 3 amide bonds. The number of carbonyl (C=O) groups is 3. The molecule has 10 nitrogen and oxygen atoms in total. The van der Waals surface area contributed by atoms with Crippen molar-refractivity contribution in [2.24, 2.45) is 29.6 Å². The van der Waals surface area contributed by atoms with Gasteiger partial charge in [-0.3, -0.25) is 24.1 Å². The van der Waals surface area contributed by atoms with Crippen LogP contribution in [-0.2, 0) is 14.4 Å². The standard InChI is InChI=1S/C35H30ClN3O7S2/c1-44-20-10-6-18(7-11-20)37-25(40)15-46-23-12-3-16(13-24(23)45-2)26-27-21-14-22(30(27)47-32-31(26)48-35(43)38-32)29-28(21)33(41)39(34(29)42)19-8-4-17(36)5-9-19/h3-13,21-22,26-30H,14-15H2,1-2H3,(H,37,40)(H,38,43)/t21-,22-,26+,27-,28+,29+,30-/m1/s1. The summed E-state index contributed by atoms with van der Waals surface area (Å²) in [7, 11) is 3.12. The number of carbonyl (C=O) groups excluding carboxylic acids is 3. The van der Waals surface area contributed by atoms with E-state index in [0.717, 1.165) is 21.9 Å². The number of thiazole rings is 1. The van der Waals surface area contributed by atoms with E-state index in [1.165, 1.54) is 16.2 Å². The number of benzene rings is 3. The molecular formula is C35H30ClN3O7S2. The zero-order valence-electron chi connectivity index (χ0n) is 25.8. The zero-order valence-corrected chi connectivity index (χ0v) is 28.2. The number of nitrogens with one attached hydrogen (secondary N) is 2. The smallest absolute Gasteiger partial charge is 0.305 e. The van der Waals surface area contributed by atoms with Crippen LogP contribution < -0.4 is 29.3 Å². The summed E-state index contributed by atoms with van der Waals surface area (Å²) >= 11 is 8.92. The van der Waals surface area contributed by atoms with Crippen LogP contribution in [-0.4, -0.2) is 48.8 Å². The van der Waals surface area contributed by atoms with Crippen molar-refractivity contribution in [3.05, 3.63) is 91.9 Å². The number of methoxy groups -OCH3 is 2. The minimum Gasteiger partial charge on any atom is -0.497 e. The molecule has 3 aromatic carbocycles. The molecule has 2 saturated carbocycles. The van der Waals surface area contributed by atoms with Crippen molar-refractivity contribution in [2.45, 2.75) is 22.6 Å². The van der Waals surface area contributed by atoms with Crippen LogP contribution >= 0.6 is 34.7 Å². The van der Waals surface area contributed by atoms with Crippen LogP contribution in [0.3, 0.4) is 0 Å². The van der Waals surface area contributed by atoms with Gasteiger partial charge in [0.2, 0.25) is 11.8 Å². The minimum absolute atomic E-state index is 0.00322. The summed E-state index contributed by atoms with van der Waals surface area (Å²) in [6, 6.07) is 19.4. The van der Waals surface area contributed by atoms with Crippen molar-refractivity contribution < 1.29 is 28.6 Å². The summed E-state index contributed by atoms with van der Waals surface area (Å²) in [6.45, 7) is -0.233. The van der Waals surface area contributed by atoms with Crippen LogP contribution in [0.5, 0.6) is 17.2 Å². The van der Waals surface area contributed by atoms with Crippen molar-refractivity contribution in [2.75, 3.05) is 31.0 Å². The molecule has 0 radical (unpaired) electrons. The average Bonchev–Trinajstić information content (AvgIpc) is 3.83. The normalized spacial score (nSPS) is 26.6. The first-order valence-electron chi connectivity index (χ1n) is 15.5. The lowest BCUT2D eigenvalue weighted by Gasteiger charge is -2.43. The Balaban J connectivity index is 1.07. The van der Waals surface area contributed by atoms with Crippen LogP contribution in [0.2, 0.25) is 5.02 Å². The van der Waals surface area contributed by atoms with Gasteiger partial charge in [-0.25, -0.2) is 0 Å². The van der Waals surface area contributed by atoms with Crippen LogP contribution in [0.1, 0.15) is 22.8 Å². The largest absolute Gasteiger partial charge is 0.497 e. The monoisotopic (exact) mass is 703 g/mol. The molecule has 48 heavy (non-hydrogen) atoms. The van der Waals surface area contributed by atoms with Crippen LogP contribution in [0.25, 0.3) is 0 Å². The quantitative estimate of drug-likeness (QED) is 0.221. The first-order valence-corrected chi connectivity index (χ1v) is 17.6. The van der Waals surface area contributed by atoms with Gasteiger partial charge in [0.25, 0.3) is 5.91 Å². The molecule has 2 aliphatic heterocycles. The number of hydrogen-bond donors (Lipinski definition) is 2. The van der Waals surface area contributed by atoms with Crippen molar-refractivity contribution >= 4 is 63.8 Å². The molecule has 3 fully saturated rings. The number of hydrogen-bond acceptors (Lipinski definition) is 9. The van der Waals surface area contributed by atoms with E-state index in [1.54, 1.807) is 80.6 Å². The lowest BCUT2D eigenvalue weighted by molar-refractivity contribution is -0.123. The lowest BCUT2D eigenvalue weighted by atomic mass is 9.68. The number of H-pyrrole nitrogens is 1. The summed E-state index contributed by atoms with van der Waals surface area (Å²) in [5.41, 5.74) is 2.07. The molecule has 0 unspecified atom stereocenters. The molecule has 2 aliphatic carbocycles.